The lowest BCUT2D eigenvalue weighted by Crippen LogP contribution is -2.58. The molecule has 2 aromatic carbocycles. The molecule has 0 bridgehead atoms. The molecule has 5 nitrogen and oxygen atoms in total. The van der Waals surface area contributed by atoms with Gasteiger partial charge in [-0.2, -0.15) is 0 Å². The molecular formula is C22H26O5. The molecule has 3 rings (SSSR count). The van der Waals surface area contributed by atoms with E-state index in [1.165, 1.54) is 0 Å². The summed E-state index contributed by atoms with van der Waals surface area (Å²) >= 11 is 0. The van der Waals surface area contributed by atoms with Gasteiger partial charge in [0.15, 0.2) is 6.10 Å². The van der Waals surface area contributed by atoms with Gasteiger partial charge in [-0.3, -0.25) is 0 Å². The molecule has 0 aromatic heterocycles. The summed E-state index contributed by atoms with van der Waals surface area (Å²) in [5.74, 6) is -0.452. The number of hydrogen-bond acceptors (Lipinski definition) is 5. The zero-order valence-electron chi connectivity index (χ0n) is 15.7. The van der Waals surface area contributed by atoms with Crippen molar-refractivity contribution < 1.29 is 24.1 Å². The molecule has 0 spiro atoms. The van der Waals surface area contributed by atoms with Crippen LogP contribution in [0.25, 0.3) is 0 Å². The molecule has 0 saturated carbocycles. The van der Waals surface area contributed by atoms with E-state index >= 15 is 0 Å². The summed E-state index contributed by atoms with van der Waals surface area (Å²) < 4.78 is 17.6. The Bertz CT molecular complexity index is 718. The number of carbonyl (C=O) groups excluding carboxylic acids is 1. The van der Waals surface area contributed by atoms with E-state index in [-0.39, 0.29) is 12.2 Å². The highest BCUT2D eigenvalue weighted by molar-refractivity contribution is 5.89. The summed E-state index contributed by atoms with van der Waals surface area (Å²) in [6.07, 6.45) is -2.32. The normalized spacial score (nSPS) is 27.9. The van der Waals surface area contributed by atoms with Gasteiger partial charge in [-0.05, 0) is 31.0 Å². The average Bonchev–Trinajstić information content (AvgIpc) is 2.71. The maximum absolute atomic E-state index is 12.5. The van der Waals surface area contributed by atoms with E-state index in [4.69, 9.17) is 14.2 Å². The van der Waals surface area contributed by atoms with Gasteiger partial charge < -0.3 is 19.3 Å². The van der Waals surface area contributed by atoms with Crippen LogP contribution in [0.1, 0.15) is 36.2 Å². The summed E-state index contributed by atoms with van der Waals surface area (Å²) in [4.78, 5) is 12.5. The molecule has 1 fully saturated rings. The quantitative estimate of drug-likeness (QED) is 0.790. The van der Waals surface area contributed by atoms with Gasteiger partial charge >= 0.3 is 5.97 Å². The van der Waals surface area contributed by atoms with Crippen molar-refractivity contribution in [3.8, 4) is 0 Å². The van der Waals surface area contributed by atoms with Crippen LogP contribution in [0.4, 0.5) is 0 Å². The molecular weight excluding hydrogens is 344 g/mol. The number of aliphatic hydroxyl groups excluding tert-OH is 1. The Hall–Kier alpha value is -2.21. The van der Waals surface area contributed by atoms with E-state index in [2.05, 4.69) is 0 Å². The number of esters is 1. The lowest BCUT2D eigenvalue weighted by molar-refractivity contribution is -0.233. The maximum atomic E-state index is 12.5. The predicted octanol–water partition coefficient (Wildman–Crippen LogP) is 3.36. The number of hydrogen-bond donors (Lipinski definition) is 1. The molecule has 0 radical (unpaired) electrons. The van der Waals surface area contributed by atoms with Gasteiger partial charge in [-0.25, -0.2) is 4.79 Å². The molecule has 1 N–H and O–H groups in total. The fourth-order valence-corrected chi connectivity index (χ4v) is 3.33. The predicted molar refractivity (Wildman–Crippen MR) is 101 cm³/mol. The number of benzene rings is 2. The Morgan fingerprint density at radius 1 is 1.04 bits per heavy atom. The minimum Gasteiger partial charge on any atom is -0.453 e. The van der Waals surface area contributed by atoms with Crippen molar-refractivity contribution in [1.82, 2.24) is 0 Å². The summed E-state index contributed by atoms with van der Waals surface area (Å²) in [5, 5.41) is 10.7. The Morgan fingerprint density at radius 3 is 2.30 bits per heavy atom. The van der Waals surface area contributed by atoms with Crippen molar-refractivity contribution in [2.45, 2.75) is 57.4 Å². The van der Waals surface area contributed by atoms with Crippen molar-refractivity contribution >= 4 is 5.97 Å². The van der Waals surface area contributed by atoms with Crippen LogP contribution >= 0.6 is 0 Å². The molecule has 1 heterocycles. The number of carbonyl (C=O) groups is 1. The van der Waals surface area contributed by atoms with Gasteiger partial charge in [0, 0.05) is 0 Å². The first kappa shape index (κ1) is 19.5. The second-order valence-corrected chi connectivity index (χ2v) is 6.78. The highest BCUT2D eigenvalue weighted by Gasteiger charge is 2.45. The van der Waals surface area contributed by atoms with Gasteiger partial charge in [-0.1, -0.05) is 55.5 Å². The third-order valence-electron chi connectivity index (χ3n) is 4.83. The third kappa shape index (κ3) is 4.75. The van der Waals surface area contributed by atoms with Gasteiger partial charge in [0.2, 0.25) is 0 Å². The molecule has 27 heavy (non-hydrogen) atoms. The summed E-state index contributed by atoms with van der Waals surface area (Å²) in [6.45, 7) is 4.12. The Morgan fingerprint density at radius 2 is 1.67 bits per heavy atom. The highest BCUT2D eigenvalue weighted by atomic mass is 16.6. The number of ether oxygens (including phenoxy) is 3. The molecule has 2 aromatic rings. The summed E-state index contributed by atoms with van der Waals surface area (Å²) in [6, 6.07) is 18.5. The summed E-state index contributed by atoms with van der Waals surface area (Å²) in [7, 11) is 0. The second-order valence-electron chi connectivity index (χ2n) is 6.78. The van der Waals surface area contributed by atoms with Crippen LogP contribution in [-0.2, 0) is 20.8 Å². The fraction of sp³-hybridized carbons (Fsp3) is 0.409. The monoisotopic (exact) mass is 370 g/mol. The first-order valence-electron chi connectivity index (χ1n) is 9.35. The zero-order chi connectivity index (χ0) is 19.2. The van der Waals surface area contributed by atoms with E-state index in [1.807, 2.05) is 50.2 Å². The van der Waals surface area contributed by atoms with Gasteiger partial charge in [-0.15, -0.1) is 0 Å². The zero-order valence-corrected chi connectivity index (χ0v) is 15.7. The van der Waals surface area contributed by atoms with E-state index in [1.54, 1.807) is 24.3 Å². The lowest BCUT2D eigenvalue weighted by atomic mass is 9.93. The van der Waals surface area contributed by atoms with Crippen molar-refractivity contribution in [2.75, 3.05) is 0 Å². The maximum Gasteiger partial charge on any atom is 0.338 e. The molecule has 0 aliphatic carbocycles. The fourth-order valence-electron chi connectivity index (χ4n) is 3.33. The molecule has 2 unspecified atom stereocenters. The van der Waals surface area contributed by atoms with Crippen LogP contribution in [0.3, 0.4) is 0 Å². The molecule has 5 heteroatoms. The van der Waals surface area contributed by atoms with Crippen molar-refractivity contribution in [3.63, 3.8) is 0 Å². The standard InChI is InChI=1S/C22H26O5/c1-3-18-19(23)21(25-14-16-10-6-4-7-11-16)20(15(2)26-18)27-22(24)17-12-8-5-9-13-17/h4-13,15,18-21,23H,3,14H2,1-2H3/t15-,18?,19-,20?,21-/m1/s1. The SMILES string of the molecule is CCC1O[C@H](C)C(OC(=O)c2ccccc2)[C@H](OCc2ccccc2)[C@@H]1O. The lowest BCUT2D eigenvalue weighted by Gasteiger charge is -2.43. The van der Waals surface area contributed by atoms with E-state index in [0.717, 1.165) is 5.56 Å². The van der Waals surface area contributed by atoms with Crippen LogP contribution < -0.4 is 0 Å². The first-order chi connectivity index (χ1) is 13.1. The van der Waals surface area contributed by atoms with Crippen molar-refractivity contribution in [2.24, 2.45) is 0 Å². The molecule has 1 aliphatic heterocycles. The highest BCUT2D eigenvalue weighted by Crippen LogP contribution is 2.28. The van der Waals surface area contributed by atoms with Gasteiger partial charge in [0.05, 0.1) is 24.4 Å². The average molecular weight is 370 g/mol. The van der Waals surface area contributed by atoms with Crippen LogP contribution in [-0.4, -0.2) is 41.6 Å². The number of aliphatic hydroxyl groups is 1. The largest absolute Gasteiger partial charge is 0.453 e. The first-order valence-corrected chi connectivity index (χ1v) is 9.35. The van der Waals surface area contributed by atoms with Crippen LogP contribution in [0.15, 0.2) is 60.7 Å². The second kappa shape index (κ2) is 9.13. The van der Waals surface area contributed by atoms with E-state index in [9.17, 15) is 9.90 Å². The van der Waals surface area contributed by atoms with Crippen LogP contribution in [0.5, 0.6) is 0 Å². The van der Waals surface area contributed by atoms with Crippen molar-refractivity contribution in [1.29, 1.82) is 0 Å². The third-order valence-corrected chi connectivity index (χ3v) is 4.83. The Kier molecular flexibility index (Phi) is 6.61. The minimum atomic E-state index is -0.872. The molecule has 144 valence electrons. The van der Waals surface area contributed by atoms with Crippen molar-refractivity contribution in [3.05, 3.63) is 71.8 Å². The Labute approximate surface area is 159 Å². The van der Waals surface area contributed by atoms with E-state index < -0.39 is 24.3 Å². The van der Waals surface area contributed by atoms with Crippen LogP contribution in [0.2, 0.25) is 0 Å². The molecule has 5 atom stereocenters. The van der Waals surface area contributed by atoms with Gasteiger partial charge in [0.1, 0.15) is 12.2 Å². The molecule has 1 saturated heterocycles. The smallest absolute Gasteiger partial charge is 0.338 e. The summed E-state index contributed by atoms with van der Waals surface area (Å²) in [5.41, 5.74) is 1.45. The minimum absolute atomic E-state index is 0.325. The molecule has 0 amide bonds. The van der Waals surface area contributed by atoms with E-state index in [0.29, 0.717) is 18.6 Å². The molecule has 1 aliphatic rings. The number of rotatable bonds is 6. The van der Waals surface area contributed by atoms with Gasteiger partial charge in [0.25, 0.3) is 0 Å². The topological polar surface area (TPSA) is 65.0 Å². The Balaban J connectivity index is 1.76. The van der Waals surface area contributed by atoms with Crippen LogP contribution in [0, 0.1) is 0 Å².